The van der Waals surface area contributed by atoms with E-state index in [4.69, 9.17) is 16.3 Å². The van der Waals surface area contributed by atoms with Crippen LogP contribution in [0.25, 0.3) is 10.9 Å². The highest BCUT2D eigenvalue weighted by Gasteiger charge is 2.31. The maximum atomic E-state index is 14.8. The highest BCUT2D eigenvalue weighted by atomic mass is 35.5. The Bertz CT molecular complexity index is 679. The highest BCUT2D eigenvalue weighted by Crippen LogP contribution is 2.32. The molecular weight excluding hydrogens is 291 g/mol. The van der Waals surface area contributed by atoms with Crippen molar-refractivity contribution in [3.05, 3.63) is 35.2 Å². The van der Waals surface area contributed by atoms with Crippen LogP contribution in [0.3, 0.4) is 0 Å². The number of pyridine rings is 1. The lowest BCUT2D eigenvalue weighted by molar-refractivity contribution is -0.0442. The molecule has 3 nitrogen and oxygen atoms in total. The molecule has 1 unspecified atom stereocenters. The Balaban J connectivity index is 2.03. The summed E-state index contributed by atoms with van der Waals surface area (Å²) in [5, 5.41) is 1.16. The SMILES string of the molecule is CCC1(C)CN(c2ccc3c(Cl)ccnc3c2F)CCO1. The van der Waals surface area contributed by atoms with E-state index < -0.39 is 0 Å². The molecule has 0 bridgehead atoms. The first-order valence-corrected chi connectivity index (χ1v) is 7.53. The van der Waals surface area contributed by atoms with Crippen LogP contribution in [0.2, 0.25) is 5.02 Å². The highest BCUT2D eigenvalue weighted by molar-refractivity contribution is 6.35. The number of fused-ring (bicyclic) bond motifs is 1. The molecule has 0 saturated carbocycles. The third-order valence-electron chi connectivity index (χ3n) is 4.20. The zero-order valence-electron chi connectivity index (χ0n) is 12.2. The summed E-state index contributed by atoms with van der Waals surface area (Å²) in [5.41, 5.74) is 0.659. The van der Waals surface area contributed by atoms with Gasteiger partial charge in [-0.15, -0.1) is 0 Å². The van der Waals surface area contributed by atoms with E-state index in [2.05, 4.69) is 18.8 Å². The van der Waals surface area contributed by atoms with E-state index in [1.807, 2.05) is 11.0 Å². The van der Waals surface area contributed by atoms with Crippen molar-refractivity contribution in [1.82, 2.24) is 4.98 Å². The number of ether oxygens (including phenoxy) is 1. The second-order valence-corrected chi connectivity index (χ2v) is 6.07. The Kier molecular flexibility index (Phi) is 3.76. The fraction of sp³-hybridized carbons (Fsp3) is 0.438. The Morgan fingerprint density at radius 3 is 3.00 bits per heavy atom. The molecule has 0 N–H and O–H groups in total. The summed E-state index contributed by atoms with van der Waals surface area (Å²) in [4.78, 5) is 6.17. The first kappa shape index (κ1) is 14.5. The van der Waals surface area contributed by atoms with E-state index in [0.29, 0.717) is 41.3 Å². The van der Waals surface area contributed by atoms with Crippen molar-refractivity contribution in [2.24, 2.45) is 0 Å². The molecular formula is C16H18ClFN2O. The van der Waals surface area contributed by atoms with Crippen LogP contribution in [0.4, 0.5) is 10.1 Å². The van der Waals surface area contributed by atoms with Crippen LogP contribution in [0.5, 0.6) is 0 Å². The number of hydrogen-bond acceptors (Lipinski definition) is 3. The average molecular weight is 309 g/mol. The monoisotopic (exact) mass is 308 g/mol. The Morgan fingerprint density at radius 1 is 1.43 bits per heavy atom. The van der Waals surface area contributed by atoms with Crippen LogP contribution in [0.1, 0.15) is 20.3 Å². The van der Waals surface area contributed by atoms with E-state index in [1.54, 1.807) is 12.1 Å². The van der Waals surface area contributed by atoms with Gasteiger partial charge in [-0.3, -0.25) is 4.98 Å². The number of rotatable bonds is 2. The van der Waals surface area contributed by atoms with Crippen LogP contribution in [0.15, 0.2) is 24.4 Å². The zero-order chi connectivity index (χ0) is 15.0. The molecule has 1 fully saturated rings. The van der Waals surface area contributed by atoms with Gasteiger partial charge >= 0.3 is 0 Å². The second kappa shape index (κ2) is 5.43. The van der Waals surface area contributed by atoms with Gasteiger partial charge in [0.05, 0.1) is 22.9 Å². The zero-order valence-corrected chi connectivity index (χ0v) is 13.0. The van der Waals surface area contributed by atoms with Gasteiger partial charge in [-0.05, 0) is 31.5 Å². The minimum absolute atomic E-state index is 0.235. The van der Waals surface area contributed by atoms with Crippen molar-refractivity contribution in [2.75, 3.05) is 24.6 Å². The molecule has 2 aromatic rings. The largest absolute Gasteiger partial charge is 0.372 e. The van der Waals surface area contributed by atoms with E-state index in [-0.39, 0.29) is 11.4 Å². The number of aromatic nitrogens is 1. The minimum atomic E-state index is -0.310. The predicted octanol–water partition coefficient (Wildman–Crippen LogP) is 4.03. The molecule has 1 atom stereocenters. The summed E-state index contributed by atoms with van der Waals surface area (Å²) in [6.07, 6.45) is 2.43. The van der Waals surface area contributed by atoms with Gasteiger partial charge in [0.25, 0.3) is 0 Å². The molecule has 3 rings (SSSR count). The molecule has 2 heterocycles. The number of benzene rings is 1. The molecule has 1 aromatic carbocycles. The minimum Gasteiger partial charge on any atom is -0.372 e. The standard InChI is InChI=1S/C16H18ClFN2O/c1-3-16(2)10-20(8-9-21-16)13-5-4-11-12(17)6-7-19-15(11)14(13)18/h4-7H,3,8-10H2,1-2H3. The summed E-state index contributed by atoms with van der Waals surface area (Å²) in [5.74, 6) is -0.310. The van der Waals surface area contributed by atoms with Gasteiger partial charge in [-0.1, -0.05) is 18.5 Å². The van der Waals surface area contributed by atoms with Gasteiger partial charge in [-0.25, -0.2) is 4.39 Å². The van der Waals surface area contributed by atoms with Gasteiger partial charge in [-0.2, -0.15) is 0 Å². The van der Waals surface area contributed by atoms with Crippen molar-refractivity contribution in [3.8, 4) is 0 Å². The second-order valence-electron chi connectivity index (χ2n) is 5.66. The van der Waals surface area contributed by atoms with Crippen molar-refractivity contribution < 1.29 is 9.13 Å². The molecule has 0 spiro atoms. The average Bonchev–Trinajstić information content (AvgIpc) is 2.49. The quantitative estimate of drug-likeness (QED) is 0.837. The molecule has 21 heavy (non-hydrogen) atoms. The summed E-state index contributed by atoms with van der Waals surface area (Å²) < 4.78 is 20.6. The van der Waals surface area contributed by atoms with Crippen LogP contribution in [0, 0.1) is 5.82 Å². The summed E-state index contributed by atoms with van der Waals surface area (Å²) in [6, 6.07) is 5.29. The lowest BCUT2D eigenvalue weighted by Gasteiger charge is -2.41. The number of morpholine rings is 1. The van der Waals surface area contributed by atoms with Crippen molar-refractivity contribution in [3.63, 3.8) is 0 Å². The molecule has 0 amide bonds. The van der Waals surface area contributed by atoms with Crippen LogP contribution in [-0.2, 0) is 4.74 Å². The van der Waals surface area contributed by atoms with Gasteiger partial charge in [0, 0.05) is 24.7 Å². The lowest BCUT2D eigenvalue weighted by atomic mass is 10.0. The van der Waals surface area contributed by atoms with E-state index in [9.17, 15) is 4.39 Å². The lowest BCUT2D eigenvalue weighted by Crippen LogP contribution is -2.50. The number of nitrogens with zero attached hydrogens (tertiary/aromatic N) is 2. The molecule has 1 saturated heterocycles. The fourth-order valence-electron chi connectivity index (χ4n) is 2.73. The molecule has 0 aliphatic carbocycles. The molecule has 1 aromatic heterocycles. The molecule has 1 aliphatic heterocycles. The smallest absolute Gasteiger partial charge is 0.172 e. The van der Waals surface area contributed by atoms with E-state index >= 15 is 0 Å². The summed E-state index contributed by atoms with van der Waals surface area (Å²) in [6.45, 7) is 6.10. The van der Waals surface area contributed by atoms with Crippen molar-refractivity contribution in [1.29, 1.82) is 0 Å². The number of anilines is 1. The van der Waals surface area contributed by atoms with Crippen molar-refractivity contribution in [2.45, 2.75) is 25.9 Å². The normalized spacial score (nSPS) is 22.8. The topological polar surface area (TPSA) is 25.4 Å². The van der Waals surface area contributed by atoms with E-state index in [1.165, 1.54) is 6.20 Å². The Hall–Kier alpha value is -1.39. The maximum Gasteiger partial charge on any atom is 0.172 e. The van der Waals surface area contributed by atoms with Crippen LogP contribution < -0.4 is 4.90 Å². The summed E-state index contributed by atoms with van der Waals surface area (Å²) in [7, 11) is 0. The van der Waals surface area contributed by atoms with E-state index in [0.717, 1.165) is 6.42 Å². The first-order chi connectivity index (χ1) is 10.0. The summed E-state index contributed by atoms with van der Waals surface area (Å²) >= 11 is 6.09. The van der Waals surface area contributed by atoms with Gasteiger partial charge in [0.15, 0.2) is 5.82 Å². The predicted molar refractivity (Wildman–Crippen MR) is 83.6 cm³/mol. The Morgan fingerprint density at radius 2 is 2.24 bits per heavy atom. The molecule has 112 valence electrons. The third-order valence-corrected chi connectivity index (χ3v) is 4.53. The van der Waals surface area contributed by atoms with Gasteiger partial charge < -0.3 is 9.64 Å². The first-order valence-electron chi connectivity index (χ1n) is 7.16. The van der Waals surface area contributed by atoms with Crippen molar-refractivity contribution >= 4 is 28.2 Å². The molecule has 0 radical (unpaired) electrons. The van der Waals surface area contributed by atoms with Crippen LogP contribution >= 0.6 is 11.6 Å². The number of halogens is 2. The third kappa shape index (κ3) is 2.58. The van der Waals surface area contributed by atoms with Gasteiger partial charge in [0.2, 0.25) is 0 Å². The van der Waals surface area contributed by atoms with Gasteiger partial charge in [0.1, 0.15) is 5.52 Å². The maximum absolute atomic E-state index is 14.8. The van der Waals surface area contributed by atoms with Crippen LogP contribution in [-0.4, -0.2) is 30.3 Å². The number of hydrogen-bond donors (Lipinski definition) is 0. The molecule has 5 heteroatoms. The Labute approximate surface area is 128 Å². The fourth-order valence-corrected chi connectivity index (χ4v) is 2.94. The molecule has 1 aliphatic rings.